The van der Waals surface area contributed by atoms with Crippen molar-refractivity contribution in [2.75, 3.05) is 5.32 Å². The largest absolute Gasteiger partial charge is 0.334 e. The summed E-state index contributed by atoms with van der Waals surface area (Å²) in [5.41, 5.74) is 1.92. The highest BCUT2D eigenvalue weighted by Gasteiger charge is 2.19. The Hall–Kier alpha value is -2.14. The molecule has 0 fully saturated rings. The first-order valence-electron chi connectivity index (χ1n) is 5.62. The molecule has 0 saturated heterocycles. The van der Waals surface area contributed by atoms with Gasteiger partial charge in [0.2, 0.25) is 5.82 Å². The van der Waals surface area contributed by atoms with E-state index in [0.717, 1.165) is 0 Å². The molecule has 2 aromatic rings. The van der Waals surface area contributed by atoms with E-state index < -0.39 is 4.92 Å². The molecule has 0 atom stereocenters. The Morgan fingerprint density at radius 3 is 2.68 bits per heavy atom. The van der Waals surface area contributed by atoms with E-state index in [0.29, 0.717) is 22.0 Å². The van der Waals surface area contributed by atoms with Gasteiger partial charge in [-0.3, -0.25) is 10.1 Å². The second-order valence-electron chi connectivity index (χ2n) is 4.17. The van der Waals surface area contributed by atoms with Crippen LogP contribution in [0.4, 0.5) is 17.2 Å². The Labute approximate surface area is 115 Å². The second kappa shape index (κ2) is 5.24. The molecule has 0 aliphatic heterocycles. The topological polar surface area (TPSA) is 68.1 Å². The number of halogens is 1. The highest BCUT2D eigenvalue weighted by molar-refractivity contribution is 6.30. The quantitative estimate of drug-likeness (QED) is 0.680. The van der Waals surface area contributed by atoms with E-state index in [1.54, 1.807) is 44.2 Å². The van der Waals surface area contributed by atoms with Gasteiger partial charge in [-0.1, -0.05) is 17.7 Å². The Morgan fingerprint density at radius 1 is 1.32 bits per heavy atom. The summed E-state index contributed by atoms with van der Waals surface area (Å²) in [7, 11) is 0. The molecule has 5 nitrogen and oxygen atoms in total. The van der Waals surface area contributed by atoms with E-state index >= 15 is 0 Å². The number of nitro groups is 1. The molecule has 0 radical (unpaired) electrons. The van der Waals surface area contributed by atoms with Crippen LogP contribution in [-0.2, 0) is 0 Å². The van der Waals surface area contributed by atoms with Crippen LogP contribution in [0, 0.1) is 24.0 Å². The number of nitrogens with zero attached hydrogens (tertiary/aromatic N) is 2. The number of pyridine rings is 1. The second-order valence-corrected chi connectivity index (χ2v) is 4.61. The van der Waals surface area contributed by atoms with Gasteiger partial charge in [0.25, 0.3) is 0 Å². The molecule has 0 bridgehead atoms. The van der Waals surface area contributed by atoms with E-state index in [2.05, 4.69) is 10.3 Å². The maximum absolute atomic E-state index is 11.1. The van der Waals surface area contributed by atoms with E-state index in [1.165, 1.54) is 0 Å². The third kappa shape index (κ3) is 3.00. The Balaban J connectivity index is 2.47. The molecule has 1 aromatic heterocycles. The summed E-state index contributed by atoms with van der Waals surface area (Å²) in [6.45, 7) is 3.48. The summed E-state index contributed by atoms with van der Waals surface area (Å²) in [5.74, 6) is 0.227. The molecule has 98 valence electrons. The van der Waals surface area contributed by atoms with E-state index in [9.17, 15) is 10.1 Å². The number of benzene rings is 1. The molecule has 0 amide bonds. The van der Waals surface area contributed by atoms with Crippen molar-refractivity contribution in [2.45, 2.75) is 13.8 Å². The lowest BCUT2D eigenvalue weighted by Crippen LogP contribution is -2.03. The zero-order chi connectivity index (χ0) is 14.0. The lowest BCUT2D eigenvalue weighted by atomic mass is 10.2. The lowest BCUT2D eigenvalue weighted by molar-refractivity contribution is -0.384. The fourth-order valence-corrected chi connectivity index (χ4v) is 2.04. The van der Waals surface area contributed by atoms with Crippen LogP contribution in [0.5, 0.6) is 0 Å². The molecule has 0 aliphatic carbocycles. The third-order valence-corrected chi connectivity index (χ3v) is 2.82. The number of hydrogen-bond acceptors (Lipinski definition) is 4. The van der Waals surface area contributed by atoms with Gasteiger partial charge in [0.1, 0.15) is 0 Å². The van der Waals surface area contributed by atoms with Gasteiger partial charge in [-0.15, -0.1) is 0 Å². The fraction of sp³-hybridized carbons (Fsp3) is 0.154. The minimum atomic E-state index is -0.436. The fourth-order valence-electron chi connectivity index (χ4n) is 1.85. The van der Waals surface area contributed by atoms with Crippen LogP contribution in [0.15, 0.2) is 30.3 Å². The minimum absolute atomic E-state index is 0.0226. The van der Waals surface area contributed by atoms with Gasteiger partial charge in [0.05, 0.1) is 4.92 Å². The molecule has 1 N–H and O–H groups in total. The minimum Gasteiger partial charge on any atom is -0.334 e. The van der Waals surface area contributed by atoms with Crippen molar-refractivity contribution in [3.05, 3.63) is 56.7 Å². The normalized spacial score (nSPS) is 10.3. The smallest absolute Gasteiger partial charge is 0.314 e. The van der Waals surface area contributed by atoms with Crippen LogP contribution in [0.25, 0.3) is 0 Å². The molecular weight excluding hydrogens is 266 g/mol. The molecular formula is C13H12ClN3O2. The Bertz CT molecular complexity index is 644. The van der Waals surface area contributed by atoms with Crippen molar-refractivity contribution in [3.8, 4) is 0 Å². The summed E-state index contributed by atoms with van der Waals surface area (Å²) in [6.07, 6.45) is 0. The van der Waals surface area contributed by atoms with Crippen LogP contribution in [0.1, 0.15) is 11.3 Å². The average Bonchev–Trinajstić information content (AvgIpc) is 2.26. The molecule has 6 heteroatoms. The van der Waals surface area contributed by atoms with Crippen LogP contribution in [0.2, 0.25) is 5.02 Å². The van der Waals surface area contributed by atoms with Crippen LogP contribution >= 0.6 is 11.6 Å². The number of aryl methyl sites for hydroxylation is 2. The third-order valence-electron chi connectivity index (χ3n) is 2.58. The monoisotopic (exact) mass is 277 g/mol. The van der Waals surface area contributed by atoms with E-state index in [1.807, 2.05) is 0 Å². The molecule has 2 rings (SSSR count). The SMILES string of the molecule is Cc1cc(C)c([N+](=O)[O-])c(Nc2cccc(Cl)c2)n1. The first-order valence-corrected chi connectivity index (χ1v) is 6.00. The van der Waals surface area contributed by atoms with Gasteiger partial charge in [0, 0.05) is 22.0 Å². The Kier molecular flexibility index (Phi) is 3.66. The highest BCUT2D eigenvalue weighted by atomic mass is 35.5. The maximum Gasteiger partial charge on any atom is 0.314 e. The number of anilines is 2. The standard InChI is InChI=1S/C13H12ClN3O2/c1-8-6-9(2)15-13(12(8)17(18)19)16-11-5-3-4-10(14)7-11/h3-7H,1-2H3,(H,15,16). The predicted molar refractivity (Wildman–Crippen MR) is 75.1 cm³/mol. The van der Waals surface area contributed by atoms with Crippen molar-refractivity contribution in [2.24, 2.45) is 0 Å². The highest BCUT2D eigenvalue weighted by Crippen LogP contribution is 2.30. The van der Waals surface area contributed by atoms with Crippen LogP contribution < -0.4 is 5.32 Å². The van der Waals surface area contributed by atoms with Crippen molar-refractivity contribution >= 4 is 28.8 Å². The summed E-state index contributed by atoms with van der Waals surface area (Å²) in [4.78, 5) is 14.9. The van der Waals surface area contributed by atoms with Gasteiger partial charge >= 0.3 is 5.69 Å². The lowest BCUT2D eigenvalue weighted by Gasteiger charge is -2.09. The maximum atomic E-state index is 11.1. The molecule has 0 spiro atoms. The predicted octanol–water partition coefficient (Wildman–Crippen LogP) is 4.00. The van der Waals surface area contributed by atoms with Crippen LogP contribution in [0.3, 0.4) is 0 Å². The molecule has 0 unspecified atom stereocenters. The van der Waals surface area contributed by atoms with Gasteiger partial charge in [0.15, 0.2) is 0 Å². The van der Waals surface area contributed by atoms with Crippen LogP contribution in [-0.4, -0.2) is 9.91 Å². The van der Waals surface area contributed by atoms with E-state index in [-0.39, 0.29) is 11.5 Å². The van der Waals surface area contributed by atoms with Crippen molar-refractivity contribution in [3.63, 3.8) is 0 Å². The molecule has 19 heavy (non-hydrogen) atoms. The van der Waals surface area contributed by atoms with Crippen molar-refractivity contribution in [1.82, 2.24) is 4.98 Å². The molecule has 1 heterocycles. The first-order chi connectivity index (χ1) is 8.97. The summed E-state index contributed by atoms with van der Waals surface area (Å²) in [5, 5.41) is 14.6. The molecule has 1 aromatic carbocycles. The summed E-state index contributed by atoms with van der Waals surface area (Å²) < 4.78 is 0. The van der Waals surface area contributed by atoms with Gasteiger partial charge < -0.3 is 5.32 Å². The van der Waals surface area contributed by atoms with E-state index in [4.69, 9.17) is 11.6 Å². The van der Waals surface area contributed by atoms with Gasteiger partial charge in [-0.25, -0.2) is 4.98 Å². The Morgan fingerprint density at radius 2 is 2.05 bits per heavy atom. The van der Waals surface area contributed by atoms with Gasteiger partial charge in [-0.05, 0) is 38.1 Å². The first kappa shape index (κ1) is 13.3. The molecule has 0 saturated carbocycles. The summed E-state index contributed by atoms with van der Waals surface area (Å²) >= 11 is 5.88. The number of hydrogen-bond donors (Lipinski definition) is 1. The number of rotatable bonds is 3. The number of aromatic nitrogens is 1. The zero-order valence-electron chi connectivity index (χ0n) is 10.5. The number of nitrogens with one attached hydrogen (secondary N) is 1. The zero-order valence-corrected chi connectivity index (χ0v) is 11.2. The van der Waals surface area contributed by atoms with Crippen molar-refractivity contribution in [1.29, 1.82) is 0 Å². The molecule has 0 aliphatic rings. The van der Waals surface area contributed by atoms with Crippen molar-refractivity contribution < 1.29 is 4.92 Å². The summed E-state index contributed by atoms with van der Waals surface area (Å²) in [6, 6.07) is 8.64. The van der Waals surface area contributed by atoms with Gasteiger partial charge in [-0.2, -0.15) is 0 Å². The average molecular weight is 278 g/mol.